The number of aromatic hydroxyl groups is 1. The van der Waals surface area contributed by atoms with Gasteiger partial charge in [-0.3, -0.25) is 0 Å². The van der Waals surface area contributed by atoms with Crippen molar-refractivity contribution in [2.45, 2.75) is 33.0 Å². The Kier molecular flexibility index (Phi) is 5.23. The molecule has 1 N–H and O–H groups in total. The Hall–Kier alpha value is -1.23. The number of hydrogen-bond donors (Lipinski definition) is 1. The molecule has 0 saturated heterocycles. The van der Waals surface area contributed by atoms with E-state index in [-0.39, 0.29) is 0 Å². The summed E-state index contributed by atoms with van der Waals surface area (Å²) in [6, 6.07) is 3.65. The van der Waals surface area contributed by atoms with E-state index in [9.17, 15) is 18.3 Å². The van der Waals surface area contributed by atoms with Crippen molar-refractivity contribution in [1.82, 2.24) is 4.90 Å². The molecule has 1 aromatic rings. The van der Waals surface area contributed by atoms with Crippen molar-refractivity contribution in [1.29, 1.82) is 0 Å². The number of hydrogen-bond acceptors (Lipinski definition) is 2. The molecular weight excluding hydrogens is 255 g/mol. The number of alkyl halides is 3. The highest BCUT2D eigenvalue weighted by molar-refractivity contribution is 5.38. The fraction of sp³-hybridized carbons (Fsp3) is 0.571. The molecule has 0 aromatic heterocycles. The monoisotopic (exact) mass is 275 g/mol. The van der Waals surface area contributed by atoms with Crippen molar-refractivity contribution in [3.05, 3.63) is 29.3 Å². The first kappa shape index (κ1) is 15.8. The number of benzene rings is 1. The van der Waals surface area contributed by atoms with E-state index in [1.54, 1.807) is 0 Å². The topological polar surface area (TPSA) is 23.5 Å². The zero-order valence-electron chi connectivity index (χ0n) is 11.5. The first-order chi connectivity index (χ1) is 8.74. The fourth-order valence-electron chi connectivity index (χ4n) is 1.95. The Labute approximate surface area is 111 Å². The molecule has 0 aliphatic rings. The average molecular weight is 275 g/mol. The molecule has 0 spiro atoms. The van der Waals surface area contributed by atoms with Gasteiger partial charge in [0.05, 0.1) is 5.56 Å². The lowest BCUT2D eigenvalue weighted by molar-refractivity contribution is -0.138. The van der Waals surface area contributed by atoms with E-state index < -0.39 is 17.5 Å². The molecule has 1 atom stereocenters. The fourth-order valence-corrected chi connectivity index (χ4v) is 1.95. The Morgan fingerprint density at radius 3 is 2.47 bits per heavy atom. The van der Waals surface area contributed by atoms with Crippen LogP contribution in [0.15, 0.2) is 18.2 Å². The zero-order valence-corrected chi connectivity index (χ0v) is 11.5. The van der Waals surface area contributed by atoms with E-state index in [2.05, 4.69) is 13.8 Å². The third kappa shape index (κ3) is 4.74. The van der Waals surface area contributed by atoms with Gasteiger partial charge in [0.1, 0.15) is 5.75 Å². The summed E-state index contributed by atoms with van der Waals surface area (Å²) in [4.78, 5) is 1.99. The van der Waals surface area contributed by atoms with Crippen molar-refractivity contribution in [3.8, 4) is 5.75 Å². The van der Waals surface area contributed by atoms with Crippen LogP contribution < -0.4 is 0 Å². The van der Waals surface area contributed by atoms with Gasteiger partial charge in [0.25, 0.3) is 0 Å². The molecule has 0 aliphatic heterocycles. The minimum absolute atomic E-state index is 0.438. The number of halogens is 3. The first-order valence-electron chi connectivity index (χ1n) is 6.31. The van der Waals surface area contributed by atoms with Crippen LogP contribution in [0.4, 0.5) is 13.2 Å². The van der Waals surface area contributed by atoms with Crippen LogP contribution in [0.3, 0.4) is 0 Å². The molecule has 1 rings (SSSR count). The van der Waals surface area contributed by atoms with Gasteiger partial charge >= 0.3 is 6.18 Å². The summed E-state index contributed by atoms with van der Waals surface area (Å²) in [5, 5.41) is 9.25. The first-order valence-corrected chi connectivity index (χ1v) is 6.31. The third-order valence-electron chi connectivity index (χ3n) is 3.14. The predicted molar refractivity (Wildman–Crippen MR) is 68.9 cm³/mol. The van der Waals surface area contributed by atoms with Crippen molar-refractivity contribution in [3.63, 3.8) is 0 Å². The molecule has 108 valence electrons. The number of rotatable bonds is 5. The van der Waals surface area contributed by atoms with Crippen molar-refractivity contribution in [2.75, 3.05) is 13.6 Å². The molecule has 0 heterocycles. The van der Waals surface area contributed by atoms with Crippen LogP contribution in [0, 0.1) is 5.92 Å². The normalized spacial score (nSPS) is 13.8. The van der Waals surface area contributed by atoms with Gasteiger partial charge in [-0.25, -0.2) is 0 Å². The highest BCUT2D eigenvalue weighted by atomic mass is 19.4. The van der Waals surface area contributed by atoms with E-state index in [0.29, 0.717) is 18.0 Å². The van der Waals surface area contributed by atoms with Crippen LogP contribution in [0.5, 0.6) is 5.75 Å². The van der Waals surface area contributed by atoms with Crippen LogP contribution in [-0.2, 0) is 12.7 Å². The van der Waals surface area contributed by atoms with Gasteiger partial charge in [0.2, 0.25) is 0 Å². The van der Waals surface area contributed by atoms with Crippen LogP contribution in [0.25, 0.3) is 0 Å². The molecule has 0 radical (unpaired) electrons. The van der Waals surface area contributed by atoms with Gasteiger partial charge < -0.3 is 10.0 Å². The lowest BCUT2D eigenvalue weighted by Gasteiger charge is -2.21. The molecule has 2 nitrogen and oxygen atoms in total. The second-order valence-electron chi connectivity index (χ2n) is 5.06. The lowest BCUT2D eigenvalue weighted by Crippen LogP contribution is -2.23. The Balaban J connectivity index is 2.80. The smallest absolute Gasteiger partial charge is 0.419 e. The maximum absolute atomic E-state index is 12.7. The second kappa shape index (κ2) is 6.28. The van der Waals surface area contributed by atoms with Crippen molar-refractivity contribution < 1.29 is 18.3 Å². The van der Waals surface area contributed by atoms with Gasteiger partial charge in [0.15, 0.2) is 0 Å². The minimum atomic E-state index is -4.52. The van der Waals surface area contributed by atoms with Crippen LogP contribution in [0.1, 0.15) is 31.4 Å². The maximum Gasteiger partial charge on any atom is 0.419 e. The molecular formula is C14H20F3NO. The Morgan fingerprint density at radius 1 is 1.32 bits per heavy atom. The molecule has 5 heteroatoms. The zero-order chi connectivity index (χ0) is 14.6. The number of phenolic OH excluding ortho intramolecular Hbond substituents is 1. The minimum Gasteiger partial charge on any atom is -0.507 e. The molecule has 0 saturated carbocycles. The Bertz CT molecular complexity index is 418. The average Bonchev–Trinajstić information content (AvgIpc) is 2.29. The lowest BCUT2D eigenvalue weighted by atomic mass is 10.1. The highest BCUT2D eigenvalue weighted by Gasteiger charge is 2.34. The largest absolute Gasteiger partial charge is 0.507 e. The van der Waals surface area contributed by atoms with E-state index in [0.717, 1.165) is 25.1 Å². The van der Waals surface area contributed by atoms with E-state index in [4.69, 9.17) is 0 Å². The summed E-state index contributed by atoms with van der Waals surface area (Å²) < 4.78 is 38.0. The number of nitrogens with zero attached hydrogens (tertiary/aromatic N) is 1. The number of phenols is 1. The van der Waals surface area contributed by atoms with E-state index in [1.807, 2.05) is 11.9 Å². The summed E-state index contributed by atoms with van der Waals surface area (Å²) in [5.41, 5.74) is -0.419. The molecule has 1 aromatic carbocycles. The van der Waals surface area contributed by atoms with E-state index in [1.165, 1.54) is 6.07 Å². The van der Waals surface area contributed by atoms with Crippen molar-refractivity contribution >= 4 is 0 Å². The molecule has 0 aliphatic carbocycles. The SMILES string of the molecule is CCC(C)CN(C)Cc1ccc(O)c(C(F)(F)F)c1. The van der Waals surface area contributed by atoms with Gasteiger partial charge in [0, 0.05) is 13.1 Å². The van der Waals surface area contributed by atoms with E-state index >= 15 is 0 Å². The quantitative estimate of drug-likeness (QED) is 0.881. The summed E-state index contributed by atoms with van der Waals surface area (Å²) >= 11 is 0. The highest BCUT2D eigenvalue weighted by Crippen LogP contribution is 2.36. The molecule has 19 heavy (non-hydrogen) atoms. The second-order valence-corrected chi connectivity index (χ2v) is 5.06. The standard InChI is InChI=1S/C14H20F3NO/c1-4-10(2)8-18(3)9-11-5-6-13(19)12(7-11)14(15,16)17/h5-7,10,19H,4,8-9H2,1-3H3. The van der Waals surface area contributed by atoms with Gasteiger partial charge in [-0.1, -0.05) is 26.3 Å². The van der Waals surface area contributed by atoms with Crippen LogP contribution in [0.2, 0.25) is 0 Å². The molecule has 0 bridgehead atoms. The summed E-state index contributed by atoms with van der Waals surface area (Å²) in [7, 11) is 1.88. The third-order valence-corrected chi connectivity index (χ3v) is 3.14. The maximum atomic E-state index is 12.7. The summed E-state index contributed by atoms with van der Waals surface area (Å²) in [5.74, 6) is -0.218. The predicted octanol–water partition coefficient (Wildman–Crippen LogP) is 3.89. The van der Waals surface area contributed by atoms with Gasteiger partial charge in [-0.15, -0.1) is 0 Å². The summed E-state index contributed by atoms with van der Waals surface area (Å²) in [6.45, 7) is 5.46. The molecule has 1 unspecified atom stereocenters. The van der Waals surface area contributed by atoms with Crippen LogP contribution >= 0.6 is 0 Å². The van der Waals surface area contributed by atoms with Crippen LogP contribution in [-0.4, -0.2) is 23.6 Å². The van der Waals surface area contributed by atoms with Crippen molar-refractivity contribution in [2.24, 2.45) is 5.92 Å². The van der Waals surface area contributed by atoms with Gasteiger partial charge in [-0.05, 0) is 30.7 Å². The Morgan fingerprint density at radius 2 is 1.95 bits per heavy atom. The van der Waals surface area contributed by atoms with Gasteiger partial charge in [-0.2, -0.15) is 13.2 Å². The summed E-state index contributed by atoms with van der Waals surface area (Å²) in [6.07, 6.45) is -3.48. The molecule has 0 amide bonds. The molecule has 0 fully saturated rings.